The van der Waals surface area contributed by atoms with Crippen LogP contribution < -0.4 is 4.90 Å². The lowest BCUT2D eigenvalue weighted by molar-refractivity contribution is 0.0984. The fourth-order valence-corrected chi connectivity index (χ4v) is 4.24. The van der Waals surface area contributed by atoms with Crippen LogP contribution in [0.3, 0.4) is 0 Å². The molecule has 0 saturated heterocycles. The van der Waals surface area contributed by atoms with Gasteiger partial charge in [0.2, 0.25) is 0 Å². The number of hydrogen-bond donors (Lipinski definition) is 0. The summed E-state index contributed by atoms with van der Waals surface area (Å²) in [4.78, 5) is 19.5. The van der Waals surface area contributed by atoms with Gasteiger partial charge in [-0.05, 0) is 44.4 Å². The molecule has 3 heterocycles. The molecule has 2 aromatic heterocycles. The van der Waals surface area contributed by atoms with Crippen molar-refractivity contribution in [3.05, 3.63) is 64.4 Å². The zero-order valence-electron chi connectivity index (χ0n) is 13.8. The van der Waals surface area contributed by atoms with Crippen LogP contribution in [0.4, 0.5) is 5.69 Å². The molecule has 5 heteroatoms. The third-order valence-corrected chi connectivity index (χ3v) is 5.38. The topological polar surface area (TPSA) is 38.1 Å². The number of anilines is 1. The number of hydrogen-bond acceptors (Lipinski definition) is 3. The highest BCUT2D eigenvalue weighted by molar-refractivity contribution is 7.12. The molecule has 4 rings (SSSR count). The Morgan fingerprint density at radius 2 is 2.08 bits per heavy atom. The summed E-state index contributed by atoms with van der Waals surface area (Å²) < 4.78 is 2.06. The van der Waals surface area contributed by atoms with Crippen molar-refractivity contribution in [2.45, 2.75) is 26.7 Å². The second kappa shape index (κ2) is 5.91. The summed E-state index contributed by atoms with van der Waals surface area (Å²) in [5.74, 6) is 0.0815. The smallest absolute Gasteiger partial charge is 0.260 e. The number of nitrogens with zero attached hydrogens (tertiary/aromatic N) is 3. The maximum atomic E-state index is 13.2. The summed E-state index contributed by atoms with van der Waals surface area (Å²) in [5, 5.41) is 2.86. The van der Waals surface area contributed by atoms with E-state index in [1.807, 2.05) is 48.4 Å². The van der Waals surface area contributed by atoms with E-state index in [0.717, 1.165) is 47.2 Å². The van der Waals surface area contributed by atoms with E-state index in [1.165, 1.54) is 5.56 Å². The Morgan fingerprint density at radius 3 is 2.88 bits per heavy atom. The molecule has 1 aliphatic heterocycles. The van der Waals surface area contributed by atoms with Gasteiger partial charge in [0, 0.05) is 35.2 Å². The number of fused-ring (bicyclic) bond motifs is 1. The van der Waals surface area contributed by atoms with Gasteiger partial charge >= 0.3 is 0 Å². The summed E-state index contributed by atoms with van der Waals surface area (Å²) >= 11 is 1.58. The second-order valence-corrected chi connectivity index (χ2v) is 7.00. The Labute approximate surface area is 145 Å². The first-order valence-electron chi connectivity index (χ1n) is 8.15. The van der Waals surface area contributed by atoms with Crippen molar-refractivity contribution < 1.29 is 4.79 Å². The first-order chi connectivity index (χ1) is 11.7. The molecule has 0 bridgehead atoms. The van der Waals surface area contributed by atoms with Crippen molar-refractivity contribution in [2.75, 3.05) is 11.4 Å². The maximum absolute atomic E-state index is 13.2. The van der Waals surface area contributed by atoms with Gasteiger partial charge in [0.25, 0.3) is 5.91 Å². The number of rotatable bonds is 2. The lowest BCUT2D eigenvalue weighted by Crippen LogP contribution is -2.35. The Kier molecular flexibility index (Phi) is 3.73. The van der Waals surface area contributed by atoms with E-state index in [4.69, 9.17) is 0 Å². The van der Waals surface area contributed by atoms with E-state index >= 15 is 0 Å². The molecule has 0 aliphatic carbocycles. The highest BCUT2D eigenvalue weighted by Gasteiger charge is 2.26. The Bertz CT molecular complexity index is 895. The molecule has 0 atom stereocenters. The zero-order valence-corrected chi connectivity index (χ0v) is 14.6. The van der Waals surface area contributed by atoms with Crippen LogP contribution in [0, 0.1) is 13.8 Å². The predicted octanol–water partition coefficient (Wildman–Crippen LogP) is 4.14. The van der Waals surface area contributed by atoms with Crippen LogP contribution in [0.1, 0.15) is 33.7 Å². The molecule has 0 fully saturated rings. The van der Waals surface area contributed by atoms with E-state index in [0.29, 0.717) is 0 Å². The molecule has 122 valence electrons. The monoisotopic (exact) mass is 337 g/mol. The average molecular weight is 337 g/mol. The van der Waals surface area contributed by atoms with Gasteiger partial charge in [0.15, 0.2) is 5.13 Å². The van der Waals surface area contributed by atoms with Crippen molar-refractivity contribution >= 4 is 22.9 Å². The Hall–Kier alpha value is -2.40. The summed E-state index contributed by atoms with van der Waals surface area (Å²) in [6.45, 7) is 4.80. The van der Waals surface area contributed by atoms with Crippen LogP contribution >= 0.6 is 11.3 Å². The van der Waals surface area contributed by atoms with Crippen molar-refractivity contribution in [3.8, 4) is 5.13 Å². The summed E-state index contributed by atoms with van der Waals surface area (Å²) in [7, 11) is 0. The molecule has 0 spiro atoms. The van der Waals surface area contributed by atoms with Gasteiger partial charge in [-0.3, -0.25) is 9.36 Å². The fourth-order valence-electron chi connectivity index (χ4n) is 3.49. The molecule has 1 aromatic carbocycles. The minimum absolute atomic E-state index is 0.0815. The van der Waals surface area contributed by atoms with E-state index in [1.54, 1.807) is 17.5 Å². The first-order valence-corrected chi connectivity index (χ1v) is 9.03. The number of amides is 1. The summed E-state index contributed by atoms with van der Waals surface area (Å²) in [5.41, 5.74) is 5.06. The maximum Gasteiger partial charge on any atom is 0.260 e. The molecule has 1 amide bonds. The standard InChI is InChI=1S/C19H19N3OS/c1-13-12-16(14(2)22(13)19-20-9-11-24-19)18(23)21-10-5-7-15-6-3-4-8-17(15)21/h3-4,6,8-9,11-12H,5,7,10H2,1-2H3. The van der Waals surface area contributed by atoms with Crippen molar-refractivity contribution in [3.63, 3.8) is 0 Å². The lowest BCUT2D eigenvalue weighted by atomic mass is 10.0. The predicted molar refractivity (Wildman–Crippen MR) is 97.4 cm³/mol. The molecule has 0 N–H and O–H groups in total. The van der Waals surface area contributed by atoms with Crippen LogP contribution in [-0.4, -0.2) is 22.0 Å². The van der Waals surface area contributed by atoms with Gasteiger partial charge in [-0.25, -0.2) is 4.98 Å². The van der Waals surface area contributed by atoms with Crippen LogP contribution in [0.15, 0.2) is 41.9 Å². The molecule has 24 heavy (non-hydrogen) atoms. The van der Waals surface area contributed by atoms with Gasteiger partial charge in [-0.2, -0.15) is 0 Å². The highest BCUT2D eigenvalue weighted by Crippen LogP contribution is 2.30. The van der Waals surface area contributed by atoms with Gasteiger partial charge in [-0.15, -0.1) is 11.3 Å². The fraction of sp³-hybridized carbons (Fsp3) is 0.263. The average Bonchev–Trinajstić information content (AvgIpc) is 3.21. The number of aryl methyl sites for hydroxylation is 2. The van der Waals surface area contributed by atoms with Crippen LogP contribution in [0.2, 0.25) is 0 Å². The number of carbonyl (C=O) groups excluding carboxylic acids is 1. The molecule has 0 saturated carbocycles. The van der Waals surface area contributed by atoms with Gasteiger partial charge < -0.3 is 4.90 Å². The Balaban J connectivity index is 1.76. The van der Waals surface area contributed by atoms with E-state index in [9.17, 15) is 4.79 Å². The van der Waals surface area contributed by atoms with Crippen LogP contribution in [0.25, 0.3) is 5.13 Å². The van der Waals surface area contributed by atoms with Gasteiger partial charge in [0.1, 0.15) is 0 Å². The normalized spacial score (nSPS) is 13.8. The van der Waals surface area contributed by atoms with Crippen LogP contribution in [-0.2, 0) is 6.42 Å². The summed E-state index contributed by atoms with van der Waals surface area (Å²) in [6.07, 6.45) is 3.84. The largest absolute Gasteiger partial charge is 0.308 e. The molecule has 1 aliphatic rings. The van der Waals surface area contributed by atoms with Crippen LogP contribution in [0.5, 0.6) is 0 Å². The molecule has 3 aromatic rings. The third kappa shape index (κ3) is 2.36. The lowest BCUT2D eigenvalue weighted by Gasteiger charge is -2.29. The first kappa shape index (κ1) is 15.1. The number of thiazole rings is 1. The third-order valence-electron chi connectivity index (χ3n) is 4.63. The van der Waals surface area contributed by atoms with Crippen molar-refractivity contribution in [2.24, 2.45) is 0 Å². The van der Waals surface area contributed by atoms with E-state index in [-0.39, 0.29) is 5.91 Å². The molecule has 0 radical (unpaired) electrons. The molecular formula is C19H19N3OS. The SMILES string of the molecule is Cc1cc(C(=O)N2CCCc3ccccc32)c(C)n1-c1nccs1. The second-order valence-electron chi connectivity index (χ2n) is 6.12. The minimum Gasteiger partial charge on any atom is -0.308 e. The number of aromatic nitrogens is 2. The molecule has 4 nitrogen and oxygen atoms in total. The molecule has 0 unspecified atom stereocenters. The van der Waals surface area contributed by atoms with Crippen molar-refractivity contribution in [1.82, 2.24) is 9.55 Å². The van der Waals surface area contributed by atoms with Crippen molar-refractivity contribution in [1.29, 1.82) is 0 Å². The number of carbonyl (C=O) groups is 1. The number of benzene rings is 1. The number of para-hydroxylation sites is 1. The summed E-state index contributed by atoms with van der Waals surface area (Å²) in [6, 6.07) is 10.2. The van der Waals surface area contributed by atoms with E-state index < -0.39 is 0 Å². The highest BCUT2D eigenvalue weighted by atomic mass is 32.1. The van der Waals surface area contributed by atoms with E-state index in [2.05, 4.69) is 15.6 Å². The molecular weight excluding hydrogens is 318 g/mol. The minimum atomic E-state index is 0.0815. The van der Waals surface area contributed by atoms with Gasteiger partial charge in [0.05, 0.1) is 5.56 Å². The van der Waals surface area contributed by atoms with Gasteiger partial charge in [-0.1, -0.05) is 18.2 Å². The zero-order chi connectivity index (χ0) is 16.7. The Morgan fingerprint density at radius 1 is 1.25 bits per heavy atom. The quantitative estimate of drug-likeness (QED) is 0.705.